The molecular weight excluding hydrogens is 376 g/mol. The zero-order valence-corrected chi connectivity index (χ0v) is 17.7. The third-order valence-electron chi connectivity index (χ3n) is 6.91. The third kappa shape index (κ3) is 2.91. The predicted molar refractivity (Wildman–Crippen MR) is 105 cm³/mol. The van der Waals surface area contributed by atoms with Crippen molar-refractivity contribution in [2.75, 3.05) is 19.7 Å². The first-order chi connectivity index (χ1) is 13.5. The van der Waals surface area contributed by atoms with E-state index in [0.29, 0.717) is 25.8 Å². The summed E-state index contributed by atoms with van der Waals surface area (Å²) >= 11 is 0. The standard InChI is InChI=1S/C21H32N2O6/c1-6-10-23(19(3,4)5)17(26)15-21-9-8-20(7-2,29-21)14(18(27)28)13(21)16(25)22(15)11-12-24/h6,13-15,24H,1,7-12H2,2-5H3,(H,27,28)/t13-,14-,15?,20+,21?/m0/s1. The van der Waals surface area contributed by atoms with Gasteiger partial charge in [-0.2, -0.15) is 0 Å². The first-order valence-corrected chi connectivity index (χ1v) is 10.3. The molecule has 3 rings (SSSR count). The second kappa shape index (κ2) is 7.09. The van der Waals surface area contributed by atoms with Gasteiger partial charge in [-0.15, -0.1) is 6.58 Å². The van der Waals surface area contributed by atoms with Gasteiger partial charge < -0.3 is 24.7 Å². The molecule has 8 nitrogen and oxygen atoms in total. The lowest BCUT2D eigenvalue weighted by molar-refractivity contribution is -0.159. The lowest BCUT2D eigenvalue weighted by Crippen LogP contribution is -2.60. The Balaban J connectivity index is 2.13. The topological polar surface area (TPSA) is 107 Å². The van der Waals surface area contributed by atoms with Gasteiger partial charge in [0.2, 0.25) is 11.8 Å². The number of fused-ring (bicyclic) bond motifs is 1. The number of carboxylic acids is 1. The van der Waals surface area contributed by atoms with Gasteiger partial charge in [0.05, 0.1) is 18.1 Å². The van der Waals surface area contributed by atoms with Crippen molar-refractivity contribution in [3.8, 4) is 0 Å². The van der Waals surface area contributed by atoms with E-state index in [1.807, 2.05) is 27.7 Å². The number of amides is 2. The molecule has 3 aliphatic heterocycles. The van der Waals surface area contributed by atoms with Crippen LogP contribution >= 0.6 is 0 Å². The number of aliphatic hydroxyl groups excluding tert-OH is 1. The van der Waals surface area contributed by atoms with Gasteiger partial charge in [-0.3, -0.25) is 14.4 Å². The highest BCUT2D eigenvalue weighted by molar-refractivity contribution is 5.98. The SMILES string of the molecule is C=CCN(C(=O)C1N(CCO)C(=O)[C@@H]2[C@@H](C(=O)O)[C@@]3(CC)CCC12O3)C(C)(C)C. The van der Waals surface area contributed by atoms with Crippen LogP contribution in [0.5, 0.6) is 0 Å². The van der Waals surface area contributed by atoms with E-state index in [4.69, 9.17) is 4.74 Å². The summed E-state index contributed by atoms with van der Waals surface area (Å²) in [6, 6.07) is -0.955. The second-order valence-corrected chi connectivity index (χ2v) is 9.34. The molecule has 0 aliphatic carbocycles. The van der Waals surface area contributed by atoms with Gasteiger partial charge in [-0.1, -0.05) is 13.0 Å². The fourth-order valence-corrected chi connectivity index (χ4v) is 5.69. The second-order valence-electron chi connectivity index (χ2n) is 9.34. The van der Waals surface area contributed by atoms with E-state index in [0.717, 1.165) is 0 Å². The minimum atomic E-state index is -1.17. The van der Waals surface area contributed by atoms with Crippen molar-refractivity contribution in [1.82, 2.24) is 9.80 Å². The number of aliphatic hydroxyl groups is 1. The number of rotatable bonds is 7. The minimum absolute atomic E-state index is 0.0333. The van der Waals surface area contributed by atoms with Crippen molar-refractivity contribution in [2.45, 2.75) is 69.7 Å². The number of carbonyl (C=O) groups excluding carboxylic acids is 2. The summed E-state index contributed by atoms with van der Waals surface area (Å²) < 4.78 is 6.42. The van der Waals surface area contributed by atoms with Crippen LogP contribution in [0.3, 0.4) is 0 Å². The Hall–Kier alpha value is -1.93. The number of likely N-dealkylation sites (tertiary alicyclic amines) is 1. The van der Waals surface area contributed by atoms with Gasteiger partial charge in [0.15, 0.2) is 0 Å². The fraction of sp³-hybridized carbons (Fsp3) is 0.762. The van der Waals surface area contributed by atoms with Crippen LogP contribution < -0.4 is 0 Å². The van der Waals surface area contributed by atoms with E-state index in [-0.39, 0.29) is 19.1 Å². The third-order valence-corrected chi connectivity index (χ3v) is 6.91. The number of carboxylic acid groups (broad SMARTS) is 1. The van der Waals surface area contributed by atoms with Crippen molar-refractivity contribution in [3.63, 3.8) is 0 Å². The molecule has 3 fully saturated rings. The monoisotopic (exact) mass is 408 g/mol. The maximum atomic E-state index is 13.8. The van der Waals surface area contributed by atoms with Crippen molar-refractivity contribution >= 4 is 17.8 Å². The van der Waals surface area contributed by atoms with E-state index < -0.39 is 46.5 Å². The molecule has 8 heteroatoms. The average molecular weight is 408 g/mol. The van der Waals surface area contributed by atoms with Crippen LogP contribution in [0.4, 0.5) is 0 Å². The Bertz CT molecular complexity index is 731. The Morgan fingerprint density at radius 2 is 2.03 bits per heavy atom. The number of nitrogens with zero attached hydrogens (tertiary/aromatic N) is 2. The van der Waals surface area contributed by atoms with Crippen molar-refractivity contribution in [1.29, 1.82) is 0 Å². The lowest BCUT2D eigenvalue weighted by Gasteiger charge is -2.42. The summed E-state index contributed by atoms with van der Waals surface area (Å²) in [7, 11) is 0. The van der Waals surface area contributed by atoms with Crippen LogP contribution in [0.2, 0.25) is 0 Å². The molecule has 162 valence electrons. The average Bonchev–Trinajstić information content (AvgIpc) is 3.23. The van der Waals surface area contributed by atoms with Gasteiger partial charge in [-0.05, 0) is 40.0 Å². The molecule has 0 radical (unpaired) electrons. The van der Waals surface area contributed by atoms with Gasteiger partial charge in [0.25, 0.3) is 0 Å². The van der Waals surface area contributed by atoms with Crippen LogP contribution in [0.1, 0.15) is 47.0 Å². The van der Waals surface area contributed by atoms with E-state index >= 15 is 0 Å². The minimum Gasteiger partial charge on any atom is -0.481 e. The zero-order valence-electron chi connectivity index (χ0n) is 17.7. The molecule has 2 N–H and O–H groups in total. The molecule has 3 aliphatic rings. The summed E-state index contributed by atoms with van der Waals surface area (Å²) in [4.78, 5) is 42.3. The molecule has 0 aromatic carbocycles. The molecular formula is C21H32N2O6. The zero-order chi connectivity index (χ0) is 21.8. The van der Waals surface area contributed by atoms with Crippen LogP contribution in [0.15, 0.2) is 12.7 Å². The Morgan fingerprint density at radius 3 is 2.52 bits per heavy atom. The number of carbonyl (C=O) groups is 3. The Labute approximate surface area is 171 Å². The molecule has 2 unspecified atom stereocenters. The van der Waals surface area contributed by atoms with Crippen LogP contribution in [0.25, 0.3) is 0 Å². The largest absolute Gasteiger partial charge is 0.481 e. The molecule has 3 heterocycles. The summed E-state index contributed by atoms with van der Waals surface area (Å²) in [5.74, 6) is -3.68. The predicted octanol–water partition coefficient (Wildman–Crippen LogP) is 1.03. The smallest absolute Gasteiger partial charge is 0.310 e. The van der Waals surface area contributed by atoms with Gasteiger partial charge in [0.1, 0.15) is 17.6 Å². The Morgan fingerprint density at radius 1 is 1.38 bits per heavy atom. The summed E-state index contributed by atoms with van der Waals surface area (Å²) in [6.07, 6.45) is 3.04. The summed E-state index contributed by atoms with van der Waals surface area (Å²) in [6.45, 7) is 11.3. The Kier molecular flexibility index (Phi) is 5.32. The highest BCUT2D eigenvalue weighted by atomic mass is 16.5. The summed E-state index contributed by atoms with van der Waals surface area (Å²) in [5, 5.41) is 19.5. The molecule has 29 heavy (non-hydrogen) atoms. The van der Waals surface area contributed by atoms with E-state index in [2.05, 4.69) is 6.58 Å². The van der Waals surface area contributed by atoms with Crippen molar-refractivity contribution in [2.24, 2.45) is 11.8 Å². The molecule has 0 aromatic rings. The van der Waals surface area contributed by atoms with E-state index in [1.54, 1.807) is 11.0 Å². The molecule has 2 bridgehead atoms. The highest BCUT2D eigenvalue weighted by Crippen LogP contribution is 2.64. The van der Waals surface area contributed by atoms with Crippen LogP contribution in [0, 0.1) is 11.8 Å². The number of β-amino-alcohol motifs (C(OH)–C–C–N with tert-alkyl or cyclic N) is 1. The lowest BCUT2D eigenvalue weighted by atomic mass is 9.65. The van der Waals surface area contributed by atoms with Crippen LogP contribution in [-0.2, 0) is 19.1 Å². The van der Waals surface area contributed by atoms with Gasteiger partial charge in [0, 0.05) is 18.6 Å². The quantitative estimate of drug-likeness (QED) is 0.610. The molecule has 0 saturated carbocycles. The number of hydrogen-bond acceptors (Lipinski definition) is 5. The number of ether oxygens (including phenoxy) is 1. The van der Waals surface area contributed by atoms with Gasteiger partial charge >= 0.3 is 5.97 Å². The van der Waals surface area contributed by atoms with Crippen molar-refractivity contribution < 1.29 is 29.3 Å². The first-order valence-electron chi connectivity index (χ1n) is 10.3. The molecule has 5 atom stereocenters. The number of hydrogen-bond donors (Lipinski definition) is 2. The fourth-order valence-electron chi connectivity index (χ4n) is 5.69. The summed E-state index contributed by atoms with van der Waals surface area (Å²) in [5.41, 5.74) is -2.63. The maximum absolute atomic E-state index is 13.8. The number of aliphatic carboxylic acids is 1. The van der Waals surface area contributed by atoms with E-state index in [1.165, 1.54) is 4.90 Å². The highest BCUT2D eigenvalue weighted by Gasteiger charge is 2.79. The molecule has 2 amide bonds. The molecule has 0 aromatic heterocycles. The maximum Gasteiger partial charge on any atom is 0.310 e. The molecule has 1 spiro atoms. The van der Waals surface area contributed by atoms with Gasteiger partial charge in [-0.25, -0.2) is 0 Å². The first kappa shape index (κ1) is 21.8. The normalized spacial score (nSPS) is 35.7. The van der Waals surface area contributed by atoms with Crippen molar-refractivity contribution in [3.05, 3.63) is 12.7 Å². The van der Waals surface area contributed by atoms with Crippen LogP contribution in [-0.4, -0.2) is 80.3 Å². The van der Waals surface area contributed by atoms with E-state index in [9.17, 15) is 24.6 Å². The molecule has 3 saturated heterocycles.